The van der Waals surface area contributed by atoms with Crippen molar-refractivity contribution in [1.29, 1.82) is 0 Å². The van der Waals surface area contributed by atoms with Gasteiger partial charge in [-0.15, -0.1) is 0 Å². The second-order valence-corrected chi connectivity index (χ2v) is 1.49. The van der Waals surface area contributed by atoms with Crippen LogP contribution in [0.2, 0.25) is 0 Å². The summed E-state index contributed by atoms with van der Waals surface area (Å²) in [5, 5.41) is 21.5. The predicted molar refractivity (Wildman–Crippen MR) is 46.4 cm³/mol. The molecule has 0 fully saturated rings. The summed E-state index contributed by atoms with van der Waals surface area (Å²) >= 11 is 0. The minimum atomic E-state index is -2.17. The SMILES string of the molecule is CCCCN.F.F.F.F.OB(O)O. The second-order valence-electron chi connectivity index (χ2n) is 1.49. The highest BCUT2D eigenvalue weighted by Crippen LogP contribution is 1.77. The van der Waals surface area contributed by atoms with Crippen LogP contribution < -0.4 is 5.73 Å². The molecule has 5 N–H and O–H groups in total. The molecule has 0 saturated carbocycles. The van der Waals surface area contributed by atoms with E-state index in [1.165, 1.54) is 12.8 Å². The van der Waals surface area contributed by atoms with E-state index < -0.39 is 7.32 Å². The van der Waals surface area contributed by atoms with Gasteiger partial charge in [0.25, 0.3) is 0 Å². The lowest BCUT2D eigenvalue weighted by Crippen LogP contribution is -2.07. The number of rotatable bonds is 2. The first kappa shape index (κ1) is 38.9. The van der Waals surface area contributed by atoms with Crippen molar-refractivity contribution < 1.29 is 33.9 Å². The summed E-state index contributed by atoms with van der Waals surface area (Å²) in [5.41, 5.74) is 5.14. The molecule has 0 heterocycles. The van der Waals surface area contributed by atoms with Crippen LogP contribution in [0.25, 0.3) is 0 Å². The Labute approximate surface area is 74.4 Å². The molecule has 0 unspecified atom stereocenters. The van der Waals surface area contributed by atoms with Crippen molar-refractivity contribution in [1.82, 2.24) is 0 Å². The number of unbranched alkanes of at least 4 members (excludes halogenated alkanes) is 1. The summed E-state index contributed by atoms with van der Waals surface area (Å²) < 4.78 is 0. The average molecular weight is 215 g/mol. The molecule has 0 aromatic carbocycles. The van der Waals surface area contributed by atoms with Crippen LogP contribution in [0.5, 0.6) is 0 Å². The molecule has 0 aliphatic heterocycles. The van der Waals surface area contributed by atoms with Crippen LogP contribution in [-0.4, -0.2) is 28.9 Å². The van der Waals surface area contributed by atoms with Gasteiger partial charge in [0.05, 0.1) is 0 Å². The van der Waals surface area contributed by atoms with E-state index in [-0.39, 0.29) is 18.8 Å². The molecule has 0 rings (SSSR count). The van der Waals surface area contributed by atoms with Crippen molar-refractivity contribution in [3.8, 4) is 0 Å². The van der Waals surface area contributed by atoms with Crippen molar-refractivity contribution >= 4 is 7.32 Å². The maximum absolute atomic E-state index is 7.17. The van der Waals surface area contributed by atoms with Crippen LogP contribution in [0.1, 0.15) is 19.8 Å². The normalized spacial score (nSPS) is 5.31. The maximum atomic E-state index is 7.17. The number of hydrogen-bond donors (Lipinski definition) is 4. The first-order valence-corrected chi connectivity index (χ1v) is 2.89. The monoisotopic (exact) mass is 215 g/mol. The third-order valence-electron chi connectivity index (χ3n) is 0.558. The van der Waals surface area contributed by atoms with Gasteiger partial charge in [-0.2, -0.15) is 0 Å². The van der Waals surface area contributed by atoms with Gasteiger partial charge < -0.3 is 20.8 Å². The van der Waals surface area contributed by atoms with Crippen LogP contribution in [0.15, 0.2) is 0 Å². The van der Waals surface area contributed by atoms with E-state index in [2.05, 4.69) is 6.92 Å². The molecular formula is C4H18BF4NO3. The Bertz CT molecular complexity index is 51.6. The number of nitrogens with two attached hydrogens (primary N) is 1. The molecule has 0 bridgehead atoms. The van der Waals surface area contributed by atoms with Gasteiger partial charge in [-0.1, -0.05) is 13.3 Å². The van der Waals surface area contributed by atoms with Crippen molar-refractivity contribution in [3.05, 3.63) is 0 Å². The van der Waals surface area contributed by atoms with Gasteiger partial charge in [0.1, 0.15) is 0 Å². The van der Waals surface area contributed by atoms with Crippen molar-refractivity contribution in [3.63, 3.8) is 0 Å². The topological polar surface area (TPSA) is 86.7 Å². The zero-order valence-electron chi connectivity index (χ0n) is 7.25. The van der Waals surface area contributed by atoms with Crippen LogP contribution in [0.4, 0.5) is 18.8 Å². The largest absolute Gasteiger partial charge is 0.631 e. The van der Waals surface area contributed by atoms with Crippen molar-refractivity contribution in [2.24, 2.45) is 5.73 Å². The van der Waals surface area contributed by atoms with Gasteiger partial charge in [0, 0.05) is 0 Å². The lowest BCUT2D eigenvalue weighted by atomic mass is 10.3. The number of hydrogen-bond acceptors (Lipinski definition) is 4. The summed E-state index contributed by atoms with van der Waals surface area (Å²) in [6, 6.07) is 0. The minimum absolute atomic E-state index is 0. The fourth-order valence-corrected chi connectivity index (χ4v) is 0.204. The van der Waals surface area contributed by atoms with E-state index >= 15 is 0 Å². The lowest BCUT2D eigenvalue weighted by Gasteiger charge is -1.80. The molecule has 4 nitrogen and oxygen atoms in total. The van der Waals surface area contributed by atoms with Gasteiger partial charge in [0.15, 0.2) is 0 Å². The molecular weight excluding hydrogens is 197 g/mol. The molecule has 0 atom stereocenters. The molecule has 88 valence electrons. The lowest BCUT2D eigenvalue weighted by molar-refractivity contribution is 0.278. The Morgan fingerprint density at radius 1 is 1.00 bits per heavy atom. The molecule has 0 aromatic rings. The summed E-state index contributed by atoms with van der Waals surface area (Å²) in [6.45, 7) is 2.98. The molecule has 0 saturated heterocycles. The first-order chi connectivity index (χ1) is 4.15. The molecule has 0 spiro atoms. The Morgan fingerprint density at radius 2 is 1.23 bits per heavy atom. The van der Waals surface area contributed by atoms with Crippen molar-refractivity contribution in [2.75, 3.05) is 6.54 Å². The van der Waals surface area contributed by atoms with E-state index in [9.17, 15) is 0 Å². The molecule has 0 aromatic heterocycles. The van der Waals surface area contributed by atoms with E-state index in [1.807, 2.05) is 0 Å². The van der Waals surface area contributed by atoms with E-state index in [4.69, 9.17) is 20.8 Å². The van der Waals surface area contributed by atoms with Gasteiger partial charge >= 0.3 is 7.32 Å². The van der Waals surface area contributed by atoms with Crippen LogP contribution in [0, 0.1) is 0 Å². The van der Waals surface area contributed by atoms with Gasteiger partial charge in [-0.25, -0.2) is 0 Å². The predicted octanol–water partition coefficient (Wildman–Crippen LogP) is -0.697. The fraction of sp³-hybridized carbons (Fsp3) is 1.00. The first-order valence-electron chi connectivity index (χ1n) is 2.89. The van der Waals surface area contributed by atoms with Gasteiger partial charge in [-0.3, -0.25) is 18.8 Å². The highest BCUT2D eigenvalue weighted by Gasteiger charge is 1.92. The van der Waals surface area contributed by atoms with Gasteiger partial charge in [0.2, 0.25) is 0 Å². The van der Waals surface area contributed by atoms with Crippen molar-refractivity contribution in [2.45, 2.75) is 19.8 Å². The summed E-state index contributed by atoms with van der Waals surface area (Å²) in [5.74, 6) is 0. The quantitative estimate of drug-likeness (QED) is 0.362. The zero-order chi connectivity index (χ0) is 7.70. The third kappa shape index (κ3) is 408. The second kappa shape index (κ2) is 41.5. The summed E-state index contributed by atoms with van der Waals surface area (Å²) in [6.07, 6.45) is 2.39. The summed E-state index contributed by atoms with van der Waals surface area (Å²) in [4.78, 5) is 0. The Hall–Kier alpha value is -0.375. The molecule has 0 amide bonds. The zero-order valence-corrected chi connectivity index (χ0v) is 7.25. The minimum Gasteiger partial charge on any atom is -0.402 e. The Morgan fingerprint density at radius 3 is 1.23 bits per heavy atom. The highest BCUT2D eigenvalue weighted by atomic mass is 19.0. The fourth-order valence-electron chi connectivity index (χ4n) is 0.204. The Balaban J connectivity index is -0.0000000146. The Kier molecular flexibility index (Phi) is 124. The third-order valence-corrected chi connectivity index (χ3v) is 0.558. The number of halogens is 4. The molecule has 0 aliphatic rings. The van der Waals surface area contributed by atoms with E-state index in [0.29, 0.717) is 0 Å². The standard InChI is InChI=1S/C4H11N.BH3O3.4FH/c1-2-3-4-5;2-1(3)4;;;;/h2-5H2,1H3;2-4H;4*1H. The maximum Gasteiger partial charge on any atom is 0.631 e. The van der Waals surface area contributed by atoms with Crippen LogP contribution >= 0.6 is 0 Å². The van der Waals surface area contributed by atoms with E-state index in [1.54, 1.807) is 0 Å². The van der Waals surface area contributed by atoms with Crippen LogP contribution in [-0.2, 0) is 0 Å². The smallest absolute Gasteiger partial charge is 0.402 e. The molecule has 9 heteroatoms. The molecule has 0 aliphatic carbocycles. The molecule has 0 radical (unpaired) electrons. The highest BCUT2D eigenvalue weighted by molar-refractivity contribution is 6.30. The van der Waals surface area contributed by atoms with Gasteiger partial charge in [-0.05, 0) is 13.0 Å². The van der Waals surface area contributed by atoms with E-state index in [0.717, 1.165) is 6.54 Å². The summed E-state index contributed by atoms with van der Waals surface area (Å²) in [7, 11) is -2.17. The average Bonchev–Trinajstić information content (AvgIpc) is 1.66. The van der Waals surface area contributed by atoms with Crippen LogP contribution in [0.3, 0.4) is 0 Å². The molecule has 13 heavy (non-hydrogen) atoms.